The van der Waals surface area contributed by atoms with Gasteiger partial charge in [0.05, 0.1) is 22.5 Å². The monoisotopic (exact) mass is 511 g/mol. The molecule has 3 rings (SSSR count). The first kappa shape index (κ1) is 20.0. The average molecular weight is 513 g/mol. The number of benzene rings is 2. The number of rotatable bonds is 5. The van der Waals surface area contributed by atoms with Crippen molar-refractivity contribution in [2.45, 2.75) is 13.5 Å². The van der Waals surface area contributed by atoms with E-state index < -0.39 is 0 Å². The third-order valence-corrected chi connectivity index (χ3v) is 6.09. The molecule has 1 saturated heterocycles. The van der Waals surface area contributed by atoms with E-state index >= 15 is 0 Å². The van der Waals surface area contributed by atoms with Crippen LogP contribution in [0.15, 0.2) is 50.2 Å². The maximum atomic E-state index is 12.7. The largest absolute Gasteiger partial charge is 0.503 e. The molecular weight excluding hydrogens is 498 g/mol. The molecule has 5 nitrogen and oxygen atoms in total. The number of phenolic OH excluding ortho intramolecular Hbond substituents is 1. The molecule has 0 spiro atoms. The minimum Gasteiger partial charge on any atom is -0.503 e. The van der Waals surface area contributed by atoms with E-state index in [0.29, 0.717) is 27.3 Å². The first-order chi connectivity index (χ1) is 12.9. The van der Waals surface area contributed by atoms with Crippen molar-refractivity contribution in [1.29, 1.82) is 0 Å². The summed E-state index contributed by atoms with van der Waals surface area (Å²) in [5.74, 6) is -0.0375. The molecule has 1 N–H and O–H groups in total. The van der Waals surface area contributed by atoms with Crippen LogP contribution in [0.25, 0.3) is 6.08 Å². The zero-order valence-electron chi connectivity index (χ0n) is 14.2. The van der Waals surface area contributed by atoms with Crippen LogP contribution >= 0.6 is 43.6 Å². The minimum absolute atomic E-state index is 0.00367. The van der Waals surface area contributed by atoms with E-state index in [-0.39, 0.29) is 23.4 Å². The van der Waals surface area contributed by atoms with Crippen molar-refractivity contribution in [3.8, 4) is 11.5 Å². The Morgan fingerprint density at radius 3 is 2.63 bits per heavy atom. The lowest BCUT2D eigenvalue weighted by molar-refractivity contribution is -0.123. The van der Waals surface area contributed by atoms with Gasteiger partial charge in [-0.05, 0) is 70.0 Å². The molecule has 27 heavy (non-hydrogen) atoms. The average Bonchev–Trinajstić information content (AvgIpc) is 2.88. The first-order valence-electron chi connectivity index (χ1n) is 8.04. The van der Waals surface area contributed by atoms with Crippen LogP contribution in [-0.4, -0.2) is 27.8 Å². The second kappa shape index (κ2) is 8.50. The molecule has 0 saturated carbocycles. The number of halogens is 2. The lowest BCUT2D eigenvalue weighted by Crippen LogP contribution is -2.27. The SMILES string of the molecule is CCOc1cc(/C=C2/SC(=O)N(Cc3ccccc3Br)C2=O)cc(Br)c1O. The number of phenols is 1. The van der Waals surface area contributed by atoms with Gasteiger partial charge in [-0.1, -0.05) is 34.1 Å². The van der Waals surface area contributed by atoms with Crippen LogP contribution < -0.4 is 4.74 Å². The Kier molecular flexibility index (Phi) is 6.29. The number of hydrogen-bond acceptors (Lipinski definition) is 5. The summed E-state index contributed by atoms with van der Waals surface area (Å²) >= 11 is 7.61. The fourth-order valence-corrected chi connectivity index (χ4v) is 4.24. The van der Waals surface area contributed by atoms with Crippen molar-refractivity contribution < 1.29 is 19.4 Å². The highest BCUT2D eigenvalue weighted by molar-refractivity contribution is 9.10. The van der Waals surface area contributed by atoms with Gasteiger partial charge < -0.3 is 9.84 Å². The van der Waals surface area contributed by atoms with Crippen LogP contribution in [-0.2, 0) is 11.3 Å². The lowest BCUT2D eigenvalue weighted by Gasteiger charge is -2.13. The van der Waals surface area contributed by atoms with Crippen LogP contribution in [0.2, 0.25) is 0 Å². The normalized spacial score (nSPS) is 15.7. The number of carbonyl (C=O) groups excluding carboxylic acids is 2. The van der Waals surface area contributed by atoms with Gasteiger partial charge in [-0.15, -0.1) is 0 Å². The van der Waals surface area contributed by atoms with Crippen molar-refractivity contribution in [3.63, 3.8) is 0 Å². The Morgan fingerprint density at radius 1 is 1.19 bits per heavy atom. The lowest BCUT2D eigenvalue weighted by atomic mass is 10.1. The van der Waals surface area contributed by atoms with Gasteiger partial charge in [0, 0.05) is 4.47 Å². The Morgan fingerprint density at radius 2 is 1.93 bits per heavy atom. The van der Waals surface area contributed by atoms with Gasteiger partial charge in [0.15, 0.2) is 11.5 Å². The van der Waals surface area contributed by atoms with Crippen LogP contribution in [0, 0.1) is 0 Å². The third kappa shape index (κ3) is 4.39. The van der Waals surface area contributed by atoms with Crippen molar-refractivity contribution in [3.05, 3.63) is 61.4 Å². The summed E-state index contributed by atoms with van der Waals surface area (Å²) in [6, 6.07) is 10.8. The zero-order chi connectivity index (χ0) is 19.6. The van der Waals surface area contributed by atoms with Crippen LogP contribution in [0.1, 0.15) is 18.1 Å². The Bertz CT molecular complexity index is 945. The molecule has 0 aliphatic carbocycles. The minimum atomic E-state index is -0.345. The third-order valence-electron chi connectivity index (χ3n) is 3.81. The Balaban J connectivity index is 1.87. The van der Waals surface area contributed by atoms with Crippen molar-refractivity contribution in [2.24, 2.45) is 0 Å². The number of nitrogens with zero attached hydrogens (tertiary/aromatic N) is 1. The summed E-state index contributed by atoms with van der Waals surface area (Å²) in [4.78, 5) is 26.6. The zero-order valence-corrected chi connectivity index (χ0v) is 18.2. The smallest absolute Gasteiger partial charge is 0.293 e. The number of imide groups is 1. The number of carbonyl (C=O) groups is 2. The second-order valence-electron chi connectivity index (χ2n) is 5.64. The molecule has 2 amide bonds. The highest BCUT2D eigenvalue weighted by Crippen LogP contribution is 2.38. The molecule has 1 fully saturated rings. The van der Waals surface area contributed by atoms with Gasteiger partial charge in [-0.25, -0.2) is 0 Å². The van der Waals surface area contributed by atoms with Crippen LogP contribution in [0.3, 0.4) is 0 Å². The van der Waals surface area contributed by atoms with Gasteiger partial charge in [-0.2, -0.15) is 0 Å². The molecule has 1 aliphatic heterocycles. The standard InChI is InChI=1S/C19H15Br2NO4S/c1-2-26-15-8-11(7-14(21)17(15)23)9-16-18(24)22(19(25)27-16)10-12-5-3-4-6-13(12)20/h3-9,23H,2,10H2,1H3/b16-9+. The van der Waals surface area contributed by atoms with Gasteiger partial charge >= 0.3 is 0 Å². The maximum Gasteiger partial charge on any atom is 0.293 e. The molecule has 2 aromatic carbocycles. The number of aromatic hydroxyl groups is 1. The summed E-state index contributed by atoms with van der Waals surface area (Å²) in [7, 11) is 0. The Hall–Kier alpha value is -1.77. The van der Waals surface area contributed by atoms with E-state index in [1.54, 1.807) is 18.2 Å². The molecule has 0 atom stereocenters. The van der Waals surface area contributed by atoms with E-state index in [2.05, 4.69) is 31.9 Å². The Labute approximate surface area is 177 Å². The second-order valence-corrected chi connectivity index (χ2v) is 8.34. The maximum absolute atomic E-state index is 12.7. The van der Waals surface area contributed by atoms with E-state index in [4.69, 9.17) is 4.74 Å². The molecule has 1 aliphatic rings. The van der Waals surface area contributed by atoms with E-state index in [0.717, 1.165) is 21.8 Å². The van der Waals surface area contributed by atoms with Crippen molar-refractivity contribution >= 4 is 60.8 Å². The highest BCUT2D eigenvalue weighted by atomic mass is 79.9. The van der Waals surface area contributed by atoms with Gasteiger partial charge in [0.1, 0.15) is 0 Å². The van der Waals surface area contributed by atoms with Crippen LogP contribution in [0.5, 0.6) is 11.5 Å². The fraction of sp³-hybridized carbons (Fsp3) is 0.158. The molecule has 0 aromatic heterocycles. The number of ether oxygens (including phenoxy) is 1. The number of thioether (sulfide) groups is 1. The summed E-state index contributed by atoms with van der Waals surface area (Å²) < 4.78 is 6.70. The quantitative estimate of drug-likeness (QED) is 0.532. The van der Waals surface area contributed by atoms with Crippen molar-refractivity contribution in [2.75, 3.05) is 6.61 Å². The van der Waals surface area contributed by atoms with Gasteiger partial charge in [0.2, 0.25) is 0 Å². The van der Waals surface area contributed by atoms with Crippen LogP contribution in [0.4, 0.5) is 4.79 Å². The summed E-state index contributed by atoms with van der Waals surface area (Å²) in [6.07, 6.45) is 1.62. The van der Waals surface area contributed by atoms with E-state index in [9.17, 15) is 14.7 Å². The summed E-state index contributed by atoms with van der Waals surface area (Å²) in [5.41, 5.74) is 1.50. The molecule has 0 bridgehead atoms. The topological polar surface area (TPSA) is 66.8 Å². The molecule has 2 aromatic rings. The van der Waals surface area contributed by atoms with Gasteiger partial charge in [-0.3, -0.25) is 14.5 Å². The number of hydrogen-bond donors (Lipinski definition) is 1. The molecule has 0 unspecified atom stereocenters. The first-order valence-corrected chi connectivity index (χ1v) is 10.4. The highest BCUT2D eigenvalue weighted by Gasteiger charge is 2.35. The van der Waals surface area contributed by atoms with Crippen molar-refractivity contribution in [1.82, 2.24) is 4.90 Å². The summed E-state index contributed by atoms with van der Waals surface area (Å²) in [6.45, 7) is 2.41. The fourth-order valence-electron chi connectivity index (χ4n) is 2.53. The predicted molar refractivity (Wildman–Crippen MR) is 113 cm³/mol. The molecular formula is C19H15Br2NO4S. The predicted octanol–water partition coefficient (Wildman–Crippen LogP) is 5.55. The molecule has 1 heterocycles. The number of amides is 2. The van der Waals surface area contributed by atoms with E-state index in [1.165, 1.54) is 4.90 Å². The molecule has 8 heteroatoms. The van der Waals surface area contributed by atoms with Gasteiger partial charge in [0.25, 0.3) is 11.1 Å². The summed E-state index contributed by atoms with van der Waals surface area (Å²) in [5, 5.41) is 9.69. The van der Waals surface area contributed by atoms with E-state index in [1.807, 2.05) is 31.2 Å². The molecule has 140 valence electrons. The molecule has 0 radical (unpaired) electrons.